The van der Waals surface area contributed by atoms with Crippen LogP contribution < -0.4 is 16.1 Å². The SMILES string of the molecule is CCn1c(-c2ccccc2CN(C)C)c2c3cc(ccc31)-c1cc(O)cc(c1)C[C@H](NC(=O)C(C(C)C)N(C)Cc1ccc(NC(=O)/C=C/CN(C)C)cn1)C(=O)N1CCC[C@H](N1)C(=O)OCC(C)(C)C2. The Hall–Kier alpha value is -6.39. The molecule has 2 aliphatic rings. The van der Waals surface area contributed by atoms with Crippen molar-refractivity contribution in [3.63, 3.8) is 0 Å². The van der Waals surface area contributed by atoms with Gasteiger partial charge in [0.25, 0.3) is 5.91 Å². The Morgan fingerprint density at radius 1 is 0.972 bits per heavy atom. The largest absolute Gasteiger partial charge is 0.508 e. The number of nitrogens with zero attached hydrogens (tertiary/aromatic N) is 6. The Kier molecular flexibility index (Phi) is 16.8. The number of nitrogens with one attached hydrogen (secondary N) is 3. The molecule has 0 spiro atoms. The van der Waals surface area contributed by atoms with Gasteiger partial charge in [-0.05, 0) is 132 Å². The fourth-order valence-electron chi connectivity index (χ4n) is 10.0. The standard InChI is InChI=1S/C56H73N9O6/c1-11-64-49-23-20-38-30-45(49)46(52(64)44-17-13-12-16-39(44)33-62(8)9)31-56(4,5)35-71-55(70)47-18-14-25-65(60-47)54(69)48(28-37-26-40(38)29-43(66)27-37)59-53(68)51(36(2)3)63(10)34-42-22-21-41(32-57-42)58-50(67)19-15-24-61(6)7/h12-13,15-17,19-23,26-27,29-30,32,36,47-48,51,60,66H,11,14,18,24-25,28,31,33-35H2,1-10H3,(H,58,67)(H,59,68)/b19-15+/t47-,48-,51?/m0/s1. The van der Waals surface area contributed by atoms with Crippen LogP contribution in [0.5, 0.6) is 5.75 Å². The maximum Gasteiger partial charge on any atom is 0.324 e. The van der Waals surface area contributed by atoms with Crippen molar-refractivity contribution in [1.29, 1.82) is 0 Å². The van der Waals surface area contributed by atoms with Crippen LogP contribution in [0.1, 0.15) is 69.8 Å². The van der Waals surface area contributed by atoms with E-state index in [0.717, 1.165) is 51.9 Å². The molecule has 4 heterocycles. The van der Waals surface area contributed by atoms with Crippen molar-refractivity contribution in [2.45, 2.75) is 98.1 Å². The molecule has 3 atom stereocenters. The smallest absolute Gasteiger partial charge is 0.324 e. The Balaban J connectivity index is 1.24. The number of aromatic nitrogens is 2. The number of aryl methyl sites for hydroxylation is 1. The molecular formula is C56H73N9O6. The number of anilines is 1. The molecule has 378 valence electrons. The number of benzene rings is 3. The van der Waals surface area contributed by atoms with Crippen LogP contribution in [0.25, 0.3) is 33.3 Å². The van der Waals surface area contributed by atoms with E-state index in [2.05, 4.69) is 108 Å². The summed E-state index contributed by atoms with van der Waals surface area (Å²) in [6.07, 6.45) is 6.56. The summed E-state index contributed by atoms with van der Waals surface area (Å²) < 4.78 is 8.54. The highest BCUT2D eigenvalue weighted by Crippen LogP contribution is 2.41. The van der Waals surface area contributed by atoms with Gasteiger partial charge in [0.1, 0.15) is 17.8 Å². The van der Waals surface area contributed by atoms with E-state index in [1.54, 1.807) is 30.5 Å². The molecule has 4 N–H and O–H groups in total. The van der Waals surface area contributed by atoms with Crippen LogP contribution in [0.15, 0.2) is 91.1 Å². The molecule has 1 fully saturated rings. The molecule has 2 aliphatic heterocycles. The quantitative estimate of drug-likeness (QED) is 0.0668. The number of phenols is 1. The van der Waals surface area contributed by atoms with Crippen LogP contribution in [-0.4, -0.2) is 131 Å². The van der Waals surface area contributed by atoms with Crippen LogP contribution >= 0.6 is 0 Å². The number of hydrazine groups is 1. The maximum absolute atomic E-state index is 14.8. The molecule has 2 aromatic heterocycles. The highest BCUT2D eigenvalue weighted by molar-refractivity contribution is 5.99. The second-order valence-corrected chi connectivity index (χ2v) is 20.9. The number of rotatable bonds is 14. The maximum atomic E-state index is 14.8. The summed E-state index contributed by atoms with van der Waals surface area (Å²) in [5.74, 6) is -1.59. The molecule has 0 saturated carbocycles. The van der Waals surface area contributed by atoms with Crippen LogP contribution in [0.2, 0.25) is 0 Å². The molecular weight excluding hydrogens is 895 g/mol. The van der Waals surface area contributed by atoms with E-state index in [4.69, 9.17) is 4.74 Å². The number of ether oxygens (including phenoxy) is 1. The molecule has 15 nitrogen and oxygen atoms in total. The van der Waals surface area contributed by atoms with E-state index in [-0.39, 0.29) is 36.5 Å². The third-order valence-corrected chi connectivity index (χ3v) is 13.2. The number of phenolic OH excluding ortho intramolecular Hbond substituents is 1. The number of cyclic esters (lactones) is 1. The number of fused-ring (bicyclic) bond motifs is 6. The van der Waals surface area contributed by atoms with Gasteiger partial charge >= 0.3 is 5.97 Å². The first-order valence-corrected chi connectivity index (χ1v) is 24.8. The number of amides is 3. The zero-order valence-electron chi connectivity index (χ0n) is 43.2. The molecule has 1 saturated heterocycles. The van der Waals surface area contributed by atoms with Crippen LogP contribution in [-0.2, 0) is 56.4 Å². The van der Waals surface area contributed by atoms with Gasteiger partial charge in [0.05, 0.1) is 35.9 Å². The van der Waals surface area contributed by atoms with Gasteiger partial charge in [-0.3, -0.25) is 34.1 Å². The summed E-state index contributed by atoms with van der Waals surface area (Å²) in [5.41, 5.74) is 11.9. The van der Waals surface area contributed by atoms with Gasteiger partial charge in [-0.1, -0.05) is 70.2 Å². The molecule has 71 heavy (non-hydrogen) atoms. The van der Waals surface area contributed by atoms with Crippen molar-refractivity contribution < 1.29 is 29.0 Å². The minimum absolute atomic E-state index is 0.0351. The molecule has 5 aromatic rings. The molecule has 0 radical (unpaired) electrons. The van der Waals surface area contributed by atoms with Crippen molar-refractivity contribution in [1.82, 2.24) is 40.0 Å². The zero-order chi connectivity index (χ0) is 51.1. The summed E-state index contributed by atoms with van der Waals surface area (Å²) in [6.45, 7) is 13.2. The average molecular weight is 968 g/mol. The van der Waals surface area contributed by atoms with E-state index in [1.807, 2.05) is 56.9 Å². The lowest BCUT2D eigenvalue weighted by Crippen LogP contribution is -2.61. The van der Waals surface area contributed by atoms with Crippen LogP contribution in [0.3, 0.4) is 0 Å². The number of aromatic hydroxyl groups is 1. The van der Waals surface area contributed by atoms with Gasteiger partial charge in [0.2, 0.25) is 11.8 Å². The van der Waals surface area contributed by atoms with E-state index < -0.39 is 35.4 Å². The van der Waals surface area contributed by atoms with Crippen molar-refractivity contribution >= 4 is 40.3 Å². The normalized spacial score (nSPS) is 18.1. The second-order valence-electron chi connectivity index (χ2n) is 20.9. The molecule has 0 aliphatic carbocycles. The first-order chi connectivity index (χ1) is 33.8. The van der Waals surface area contributed by atoms with Crippen molar-refractivity contribution in [2.24, 2.45) is 11.3 Å². The van der Waals surface area contributed by atoms with Gasteiger partial charge in [0, 0.05) is 67.1 Å². The Morgan fingerprint density at radius 2 is 1.75 bits per heavy atom. The number of hydrogen-bond donors (Lipinski definition) is 4. The molecule has 1 unspecified atom stereocenters. The van der Waals surface area contributed by atoms with Crippen molar-refractivity contribution in [2.75, 3.05) is 60.3 Å². The third-order valence-electron chi connectivity index (χ3n) is 13.2. The highest BCUT2D eigenvalue weighted by Gasteiger charge is 2.37. The summed E-state index contributed by atoms with van der Waals surface area (Å²) in [4.78, 5) is 66.5. The summed E-state index contributed by atoms with van der Waals surface area (Å²) in [6, 6.07) is 21.4. The molecule has 3 amide bonds. The van der Waals surface area contributed by atoms with Crippen LogP contribution in [0.4, 0.5) is 5.69 Å². The molecule has 7 rings (SSSR count). The molecule has 6 bridgehead atoms. The Bertz CT molecular complexity index is 2740. The minimum atomic E-state index is -1.07. The van der Waals surface area contributed by atoms with Gasteiger partial charge < -0.3 is 34.8 Å². The lowest BCUT2D eigenvalue weighted by molar-refractivity contribution is -0.155. The van der Waals surface area contributed by atoms with Gasteiger partial charge in [-0.25, -0.2) is 5.43 Å². The van der Waals surface area contributed by atoms with Gasteiger partial charge in [0.15, 0.2) is 0 Å². The van der Waals surface area contributed by atoms with Crippen molar-refractivity contribution in [3.05, 3.63) is 114 Å². The number of likely N-dealkylation sites (N-methyl/N-ethyl adjacent to an activating group) is 2. The van der Waals surface area contributed by atoms with E-state index in [0.29, 0.717) is 55.8 Å². The zero-order valence-corrected chi connectivity index (χ0v) is 43.2. The Labute approximate surface area is 419 Å². The fourth-order valence-corrected chi connectivity index (χ4v) is 10.0. The lowest BCUT2D eigenvalue weighted by Gasteiger charge is -2.36. The minimum Gasteiger partial charge on any atom is -0.508 e. The number of hydrogen-bond acceptors (Lipinski definition) is 11. The van der Waals surface area contributed by atoms with Crippen molar-refractivity contribution in [3.8, 4) is 28.1 Å². The monoisotopic (exact) mass is 968 g/mol. The summed E-state index contributed by atoms with van der Waals surface area (Å²) >= 11 is 0. The molecule has 15 heteroatoms. The highest BCUT2D eigenvalue weighted by atomic mass is 16.5. The average Bonchev–Trinajstić information content (AvgIpc) is 3.61. The topological polar surface area (TPSA) is 165 Å². The van der Waals surface area contributed by atoms with E-state index in [1.165, 1.54) is 16.6 Å². The predicted octanol–water partition coefficient (Wildman–Crippen LogP) is 7.02. The first-order valence-electron chi connectivity index (χ1n) is 24.8. The van der Waals surface area contributed by atoms with E-state index in [9.17, 15) is 24.3 Å². The first kappa shape index (κ1) is 52.4. The van der Waals surface area contributed by atoms with E-state index >= 15 is 0 Å². The lowest BCUT2D eigenvalue weighted by atomic mass is 9.84. The number of pyridine rings is 1. The number of carbonyl (C=O) groups excluding carboxylic acids is 4. The molecule has 3 aromatic carbocycles. The Morgan fingerprint density at radius 3 is 2.45 bits per heavy atom. The summed E-state index contributed by atoms with van der Waals surface area (Å²) in [5, 5.41) is 19.9. The number of carbonyl (C=O) groups is 4. The van der Waals surface area contributed by atoms with Gasteiger partial charge in [-0.2, -0.15) is 0 Å². The summed E-state index contributed by atoms with van der Waals surface area (Å²) in [7, 11) is 9.85. The van der Waals surface area contributed by atoms with Gasteiger partial charge in [-0.15, -0.1) is 0 Å². The third kappa shape index (κ3) is 12.9. The fraction of sp³-hybridized carbons (Fsp3) is 0.446. The number of esters is 1. The predicted molar refractivity (Wildman–Crippen MR) is 280 cm³/mol. The van der Waals surface area contributed by atoms with Crippen LogP contribution in [0, 0.1) is 11.3 Å². The second kappa shape index (κ2) is 22.8.